The molecule has 1 aliphatic heterocycles. The first-order valence-corrected chi connectivity index (χ1v) is 10.2. The van der Waals surface area contributed by atoms with E-state index in [1.165, 1.54) is 16.2 Å². The zero-order valence-corrected chi connectivity index (χ0v) is 17.6. The SMILES string of the molecule is CCN(Cc1ccc(Cl)s1)C(=O)CN1C(=O)[C@@H](C)N(c2ccc(C)cc2)C1=O. The lowest BCUT2D eigenvalue weighted by molar-refractivity contribution is -0.137. The van der Waals surface area contributed by atoms with E-state index in [1.807, 2.05) is 32.0 Å². The van der Waals surface area contributed by atoms with Crippen LogP contribution in [0.1, 0.15) is 24.3 Å². The molecule has 28 heavy (non-hydrogen) atoms. The molecule has 0 aliphatic carbocycles. The third kappa shape index (κ3) is 4.05. The number of urea groups is 1. The van der Waals surface area contributed by atoms with Crippen molar-refractivity contribution in [3.05, 3.63) is 51.2 Å². The Balaban J connectivity index is 1.73. The van der Waals surface area contributed by atoms with Crippen LogP contribution in [-0.4, -0.2) is 46.8 Å². The van der Waals surface area contributed by atoms with Crippen LogP contribution in [0, 0.1) is 6.92 Å². The first kappa shape index (κ1) is 20.4. The van der Waals surface area contributed by atoms with Crippen LogP contribution in [0.3, 0.4) is 0 Å². The molecule has 148 valence electrons. The topological polar surface area (TPSA) is 60.9 Å². The molecule has 1 aromatic carbocycles. The maximum absolute atomic E-state index is 12.9. The summed E-state index contributed by atoms with van der Waals surface area (Å²) in [6.45, 7) is 6.10. The van der Waals surface area contributed by atoms with Crippen molar-refractivity contribution in [1.29, 1.82) is 0 Å². The summed E-state index contributed by atoms with van der Waals surface area (Å²) in [5.74, 6) is -0.638. The number of benzene rings is 1. The van der Waals surface area contributed by atoms with Crippen LogP contribution in [0.5, 0.6) is 0 Å². The van der Waals surface area contributed by atoms with E-state index in [0.717, 1.165) is 15.3 Å². The van der Waals surface area contributed by atoms with E-state index >= 15 is 0 Å². The Kier molecular flexibility index (Phi) is 6.05. The Morgan fingerprint density at radius 3 is 2.43 bits per heavy atom. The quantitative estimate of drug-likeness (QED) is 0.667. The van der Waals surface area contributed by atoms with E-state index in [1.54, 1.807) is 30.0 Å². The maximum Gasteiger partial charge on any atom is 0.332 e. The van der Waals surface area contributed by atoms with Gasteiger partial charge in [0.25, 0.3) is 5.91 Å². The van der Waals surface area contributed by atoms with Crippen molar-refractivity contribution in [3.63, 3.8) is 0 Å². The number of hydrogen-bond acceptors (Lipinski definition) is 4. The number of carbonyl (C=O) groups is 3. The average Bonchev–Trinajstić information content (AvgIpc) is 3.17. The fourth-order valence-corrected chi connectivity index (χ4v) is 4.25. The van der Waals surface area contributed by atoms with Gasteiger partial charge in [0.1, 0.15) is 12.6 Å². The Morgan fingerprint density at radius 1 is 1.18 bits per heavy atom. The molecule has 0 saturated carbocycles. The summed E-state index contributed by atoms with van der Waals surface area (Å²) >= 11 is 7.36. The van der Waals surface area contributed by atoms with Crippen LogP contribution in [-0.2, 0) is 16.1 Å². The Bertz CT molecular complexity index is 896. The predicted molar refractivity (Wildman–Crippen MR) is 111 cm³/mol. The van der Waals surface area contributed by atoms with Crippen molar-refractivity contribution in [2.45, 2.75) is 33.4 Å². The van der Waals surface area contributed by atoms with Gasteiger partial charge >= 0.3 is 6.03 Å². The van der Waals surface area contributed by atoms with Crippen LogP contribution in [0.2, 0.25) is 4.34 Å². The lowest BCUT2D eigenvalue weighted by Gasteiger charge is -2.23. The molecule has 1 aromatic heterocycles. The molecule has 0 unspecified atom stereocenters. The number of hydrogen-bond donors (Lipinski definition) is 0. The van der Waals surface area contributed by atoms with E-state index in [-0.39, 0.29) is 18.4 Å². The maximum atomic E-state index is 12.9. The second-order valence-corrected chi connectivity index (χ2v) is 8.50. The highest BCUT2D eigenvalue weighted by atomic mass is 35.5. The number of likely N-dealkylation sites (N-methyl/N-ethyl adjacent to an activating group) is 1. The van der Waals surface area contributed by atoms with E-state index in [4.69, 9.17) is 11.6 Å². The third-order valence-electron chi connectivity index (χ3n) is 4.76. The zero-order chi connectivity index (χ0) is 20.4. The zero-order valence-electron chi connectivity index (χ0n) is 16.0. The van der Waals surface area contributed by atoms with Gasteiger partial charge in [-0.05, 0) is 45.0 Å². The number of imide groups is 1. The van der Waals surface area contributed by atoms with Gasteiger partial charge in [-0.2, -0.15) is 0 Å². The second-order valence-electron chi connectivity index (χ2n) is 6.70. The molecule has 8 heteroatoms. The number of rotatable bonds is 6. The van der Waals surface area contributed by atoms with E-state index in [2.05, 4.69) is 0 Å². The molecule has 0 bridgehead atoms. The minimum absolute atomic E-state index is 0.267. The van der Waals surface area contributed by atoms with Crippen LogP contribution < -0.4 is 4.90 Å². The number of anilines is 1. The van der Waals surface area contributed by atoms with Crippen molar-refractivity contribution < 1.29 is 14.4 Å². The molecule has 0 N–H and O–H groups in total. The first-order valence-electron chi connectivity index (χ1n) is 9.05. The second kappa shape index (κ2) is 8.32. The number of carbonyl (C=O) groups excluding carboxylic acids is 3. The molecular formula is C20H22ClN3O3S. The lowest BCUT2D eigenvalue weighted by Crippen LogP contribution is -2.43. The molecule has 1 atom stereocenters. The van der Waals surface area contributed by atoms with Gasteiger partial charge in [0.05, 0.1) is 10.9 Å². The number of amides is 4. The van der Waals surface area contributed by atoms with Gasteiger partial charge in [-0.1, -0.05) is 29.3 Å². The fourth-order valence-electron chi connectivity index (χ4n) is 3.15. The lowest BCUT2D eigenvalue weighted by atomic mass is 10.2. The van der Waals surface area contributed by atoms with Gasteiger partial charge in [0.15, 0.2) is 0 Å². The molecular weight excluding hydrogens is 398 g/mol. The highest BCUT2D eigenvalue weighted by Crippen LogP contribution is 2.27. The number of nitrogens with zero attached hydrogens (tertiary/aromatic N) is 3. The van der Waals surface area contributed by atoms with Crippen molar-refractivity contribution in [2.24, 2.45) is 0 Å². The molecule has 2 aromatic rings. The summed E-state index contributed by atoms with van der Waals surface area (Å²) < 4.78 is 0.658. The van der Waals surface area contributed by atoms with Crippen molar-refractivity contribution in [1.82, 2.24) is 9.80 Å². The van der Waals surface area contributed by atoms with Gasteiger partial charge in [0.2, 0.25) is 5.91 Å². The monoisotopic (exact) mass is 419 g/mol. The van der Waals surface area contributed by atoms with E-state index in [9.17, 15) is 14.4 Å². The predicted octanol–water partition coefficient (Wildman–Crippen LogP) is 3.92. The molecule has 6 nitrogen and oxygen atoms in total. The van der Waals surface area contributed by atoms with Crippen molar-refractivity contribution in [3.8, 4) is 0 Å². The van der Waals surface area contributed by atoms with Crippen molar-refractivity contribution >= 4 is 46.5 Å². The molecule has 0 radical (unpaired) electrons. The first-order chi connectivity index (χ1) is 13.3. The molecule has 1 aliphatic rings. The highest BCUT2D eigenvalue weighted by Gasteiger charge is 2.44. The Hall–Kier alpha value is -2.38. The van der Waals surface area contributed by atoms with Gasteiger partial charge < -0.3 is 4.90 Å². The molecule has 4 amide bonds. The summed E-state index contributed by atoms with van der Waals surface area (Å²) in [6.07, 6.45) is 0. The van der Waals surface area contributed by atoms with Crippen LogP contribution >= 0.6 is 22.9 Å². The van der Waals surface area contributed by atoms with Gasteiger partial charge in [-0.25, -0.2) is 4.79 Å². The summed E-state index contributed by atoms with van der Waals surface area (Å²) in [6, 6.07) is 9.93. The summed E-state index contributed by atoms with van der Waals surface area (Å²) in [4.78, 5) is 43.3. The summed E-state index contributed by atoms with van der Waals surface area (Å²) in [5.41, 5.74) is 1.71. The average molecular weight is 420 g/mol. The number of aryl methyl sites for hydroxylation is 1. The van der Waals surface area contributed by atoms with Gasteiger partial charge in [-0.3, -0.25) is 19.4 Å². The summed E-state index contributed by atoms with van der Waals surface area (Å²) in [5, 5.41) is 0. The Labute approximate surface area is 173 Å². The molecule has 2 heterocycles. The minimum Gasteiger partial charge on any atom is -0.336 e. The standard InChI is InChI=1S/C20H22ClN3O3S/c1-4-22(11-16-9-10-17(21)28-16)18(25)12-23-19(26)14(3)24(20(23)27)15-7-5-13(2)6-8-15/h5-10,14H,4,11-12H2,1-3H3/t14-/m1/s1. The largest absolute Gasteiger partial charge is 0.336 e. The van der Waals surface area contributed by atoms with Crippen LogP contribution in [0.4, 0.5) is 10.5 Å². The smallest absolute Gasteiger partial charge is 0.332 e. The molecule has 0 spiro atoms. The van der Waals surface area contributed by atoms with Crippen LogP contribution in [0.15, 0.2) is 36.4 Å². The van der Waals surface area contributed by atoms with E-state index < -0.39 is 12.1 Å². The van der Waals surface area contributed by atoms with E-state index in [0.29, 0.717) is 23.1 Å². The van der Waals surface area contributed by atoms with Gasteiger partial charge in [0, 0.05) is 17.1 Å². The minimum atomic E-state index is -0.644. The van der Waals surface area contributed by atoms with Crippen LogP contribution in [0.25, 0.3) is 0 Å². The molecule has 3 rings (SSSR count). The van der Waals surface area contributed by atoms with Gasteiger partial charge in [-0.15, -0.1) is 11.3 Å². The fraction of sp³-hybridized carbons (Fsp3) is 0.350. The number of halogens is 1. The third-order valence-corrected chi connectivity index (χ3v) is 5.98. The number of thiophene rings is 1. The molecule has 1 fully saturated rings. The van der Waals surface area contributed by atoms with Crippen molar-refractivity contribution in [2.75, 3.05) is 18.0 Å². The Morgan fingerprint density at radius 2 is 1.86 bits per heavy atom. The summed E-state index contributed by atoms with van der Waals surface area (Å²) in [7, 11) is 0. The normalized spacial score (nSPS) is 16.8. The molecule has 1 saturated heterocycles. The highest BCUT2D eigenvalue weighted by molar-refractivity contribution is 7.16.